The summed E-state index contributed by atoms with van der Waals surface area (Å²) in [5.74, 6) is 0.149. The monoisotopic (exact) mass is 256 g/mol. The predicted molar refractivity (Wildman–Crippen MR) is 72.2 cm³/mol. The normalized spacial score (nSPS) is 32.1. The van der Waals surface area contributed by atoms with Crippen LogP contribution in [0.5, 0.6) is 0 Å². The molecule has 0 aromatic rings. The molecule has 1 saturated carbocycles. The standard InChI is InChI=1S/C15H28O3/c1-11-7-14(5,6)10-15(17,8-11)9-12(16)18-13(2,3)4/h11,17H,7-10H2,1-6H3. The Labute approximate surface area is 111 Å². The van der Waals surface area contributed by atoms with Gasteiger partial charge in [0.05, 0.1) is 12.0 Å². The molecule has 2 unspecified atom stereocenters. The lowest BCUT2D eigenvalue weighted by Gasteiger charge is -2.44. The van der Waals surface area contributed by atoms with Crippen LogP contribution in [0.2, 0.25) is 0 Å². The van der Waals surface area contributed by atoms with Crippen LogP contribution in [0.15, 0.2) is 0 Å². The molecule has 1 fully saturated rings. The van der Waals surface area contributed by atoms with E-state index in [9.17, 15) is 9.90 Å². The van der Waals surface area contributed by atoms with Crippen LogP contribution in [-0.2, 0) is 9.53 Å². The highest BCUT2D eigenvalue weighted by Crippen LogP contribution is 2.45. The summed E-state index contributed by atoms with van der Waals surface area (Å²) in [6.45, 7) is 12.0. The van der Waals surface area contributed by atoms with Crippen molar-refractivity contribution in [3.8, 4) is 0 Å². The Morgan fingerprint density at radius 2 is 1.89 bits per heavy atom. The third-order valence-corrected chi connectivity index (χ3v) is 3.33. The number of hydrogen-bond donors (Lipinski definition) is 1. The average Bonchev–Trinajstić information content (AvgIpc) is 1.90. The van der Waals surface area contributed by atoms with E-state index in [4.69, 9.17) is 4.74 Å². The van der Waals surface area contributed by atoms with Gasteiger partial charge in [-0.1, -0.05) is 20.8 Å². The molecule has 2 atom stereocenters. The van der Waals surface area contributed by atoms with E-state index >= 15 is 0 Å². The molecule has 18 heavy (non-hydrogen) atoms. The van der Waals surface area contributed by atoms with Crippen molar-refractivity contribution in [3.63, 3.8) is 0 Å². The number of carbonyl (C=O) groups is 1. The Kier molecular flexibility index (Phi) is 4.16. The van der Waals surface area contributed by atoms with Crippen molar-refractivity contribution in [1.82, 2.24) is 0 Å². The Morgan fingerprint density at radius 3 is 2.33 bits per heavy atom. The van der Waals surface area contributed by atoms with E-state index in [0.29, 0.717) is 18.8 Å². The fourth-order valence-corrected chi connectivity index (χ4v) is 3.48. The van der Waals surface area contributed by atoms with Crippen LogP contribution in [0, 0.1) is 11.3 Å². The first kappa shape index (κ1) is 15.5. The van der Waals surface area contributed by atoms with Gasteiger partial charge in [0.15, 0.2) is 0 Å². The summed E-state index contributed by atoms with van der Waals surface area (Å²) in [6.07, 6.45) is 2.57. The van der Waals surface area contributed by atoms with Crippen LogP contribution in [0.25, 0.3) is 0 Å². The topological polar surface area (TPSA) is 46.5 Å². The predicted octanol–water partition coefficient (Wildman–Crippen LogP) is 3.30. The Balaban J connectivity index is 2.67. The molecule has 0 aliphatic heterocycles. The summed E-state index contributed by atoms with van der Waals surface area (Å²) < 4.78 is 5.31. The first-order valence-corrected chi connectivity index (χ1v) is 6.85. The third kappa shape index (κ3) is 4.97. The first-order chi connectivity index (χ1) is 7.91. The molecular formula is C15H28O3. The summed E-state index contributed by atoms with van der Waals surface area (Å²) in [6, 6.07) is 0. The first-order valence-electron chi connectivity index (χ1n) is 6.85. The Bertz CT molecular complexity index is 314. The zero-order valence-corrected chi connectivity index (χ0v) is 12.7. The van der Waals surface area contributed by atoms with Gasteiger partial charge in [-0.3, -0.25) is 4.79 Å². The van der Waals surface area contributed by atoms with Crippen LogP contribution in [0.4, 0.5) is 0 Å². The fraction of sp³-hybridized carbons (Fsp3) is 0.933. The highest BCUT2D eigenvalue weighted by molar-refractivity contribution is 5.71. The maximum absolute atomic E-state index is 11.9. The SMILES string of the molecule is CC1CC(C)(C)CC(O)(CC(=O)OC(C)(C)C)C1. The molecule has 3 nitrogen and oxygen atoms in total. The van der Waals surface area contributed by atoms with Crippen molar-refractivity contribution in [2.45, 2.75) is 78.4 Å². The summed E-state index contributed by atoms with van der Waals surface area (Å²) in [4.78, 5) is 11.9. The molecular weight excluding hydrogens is 228 g/mol. The Hall–Kier alpha value is -0.570. The van der Waals surface area contributed by atoms with Crippen LogP contribution in [0.1, 0.15) is 67.2 Å². The second-order valence-corrected chi connectivity index (χ2v) is 7.84. The van der Waals surface area contributed by atoms with E-state index in [1.165, 1.54) is 0 Å². The van der Waals surface area contributed by atoms with Crippen molar-refractivity contribution < 1.29 is 14.6 Å². The number of carbonyl (C=O) groups excluding carboxylic acids is 1. The summed E-state index contributed by atoms with van der Waals surface area (Å²) in [7, 11) is 0. The van der Waals surface area contributed by atoms with E-state index in [-0.39, 0.29) is 17.8 Å². The van der Waals surface area contributed by atoms with Crippen molar-refractivity contribution in [2.24, 2.45) is 11.3 Å². The van der Waals surface area contributed by atoms with Gasteiger partial charge in [0.25, 0.3) is 0 Å². The molecule has 0 spiro atoms. The Morgan fingerprint density at radius 1 is 1.33 bits per heavy atom. The molecule has 0 radical (unpaired) electrons. The lowest BCUT2D eigenvalue weighted by atomic mass is 9.65. The second kappa shape index (κ2) is 4.84. The number of hydrogen-bond acceptors (Lipinski definition) is 3. The molecule has 0 saturated heterocycles. The minimum Gasteiger partial charge on any atom is -0.460 e. The van der Waals surface area contributed by atoms with Gasteiger partial charge >= 0.3 is 5.97 Å². The lowest BCUT2D eigenvalue weighted by Crippen LogP contribution is -2.44. The minimum atomic E-state index is -0.899. The van der Waals surface area contributed by atoms with Gasteiger partial charge in [0.1, 0.15) is 5.60 Å². The molecule has 1 aliphatic carbocycles. The lowest BCUT2D eigenvalue weighted by molar-refractivity contribution is -0.164. The average molecular weight is 256 g/mol. The van der Waals surface area contributed by atoms with Gasteiger partial charge in [-0.15, -0.1) is 0 Å². The van der Waals surface area contributed by atoms with Gasteiger partial charge in [-0.05, 0) is 51.4 Å². The van der Waals surface area contributed by atoms with E-state index in [2.05, 4.69) is 20.8 Å². The highest BCUT2D eigenvalue weighted by atomic mass is 16.6. The summed E-state index contributed by atoms with van der Waals surface area (Å²) in [5, 5.41) is 10.6. The van der Waals surface area contributed by atoms with Crippen molar-refractivity contribution in [1.29, 1.82) is 0 Å². The van der Waals surface area contributed by atoms with Crippen LogP contribution < -0.4 is 0 Å². The van der Waals surface area contributed by atoms with Gasteiger partial charge in [-0.2, -0.15) is 0 Å². The van der Waals surface area contributed by atoms with Gasteiger partial charge in [-0.25, -0.2) is 0 Å². The van der Waals surface area contributed by atoms with Crippen LogP contribution in [0.3, 0.4) is 0 Å². The number of aliphatic hydroxyl groups is 1. The maximum Gasteiger partial charge on any atom is 0.309 e. The minimum absolute atomic E-state index is 0.0917. The van der Waals surface area contributed by atoms with Crippen molar-refractivity contribution in [3.05, 3.63) is 0 Å². The van der Waals surface area contributed by atoms with Crippen LogP contribution in [-0.4, -0.2) is 22.3 Å². The molecule has 0 aromatic heterocycles. The smallest absolute Gasteiger partial charge is 0.309 e. The molecule has 106 valence electrons. The van der Waals surface area contributed by atoms with E-state index in [1.54, 1.807) is 0 Å². The van der Waals surface area contributed by atoms with Crippen LogP contribution >= 0.6 is 0 Å². The van der Waals surface area contributed by atoms with Gasteiger partial charge < -0.3 is 9.84 Å². The number of esters is 1. The largest absolute Gasteiger partial charge is 0.460 e. The quantitative estimate of drug-likeness (QED) is 0.771. The molecule has 1 rings (SSSR count). The molecule has 1 N–H and O–H groups in total. The van der Waals surface area contributed by atoms with E-state index in [0.717, 1.165) is 6.42 Å². The molecule has 1 aliphatic rings. The molecule has 3 heteroatoms. The van der Waals surface area contributed by atoms with Crippen molar-refractivity contribution in [2.75, 3.05) is 0 Å². The van der Waals surface area contributed by atoms with E-state index < -0.39 is 11.2 Å². The zero-order valence-electron chi connectivity index (χ0n) is 12.7. The summed E-state index contributed by atoms with van der Waals surface area (Å²) in [5.41, 5.74) is -1.29. The number of rotatable bonds is 2. The van der Waals surface area contributed by atoms with Gasteiger partial charge in [0, 0.05) is 0 Å². The van der Waals surface area contributed by atoms with Gasteiger partial charge in [0.2, 0.25) is 0 Å². The van der Waals surface area contributed by atoms with Crippen molar-refractivity contribution >= 4 is 5.97 Å². The molecule has 0 bridgehead atoms. The number of ether oxygens (including phenoxy) is 1. The fourth-order valence-electron chi connectivity index (χ4n) is 3.48. The van der Waals surface area contributed by atoms with E-state index in [1.807, 2.05) is 20.8 Å². The second-order valence-electron chi connectivity index (χ2n) is 7.84. The third-order valence-electron chi connectivity index (χ3n) is 3.33. The summed E-state index contributed by atoms with van der Waals surface area (Å²) >= 11 is 0. The maximum atomic E-state index is 11.9. The molecule has 0 amide bonds. The highest BCUT2D eigenvalue weighted by Gasteiger charge is 2.43. The zero-order chi connectivity index (χ0) is 14.2. The molecule has 0 aromatic carbocycles. The molecule has 0 heterocycles.